The van der Waals surface area contributed by atoms with Crippen LogP contribution in [0.15, 0.2) is 53.0 Å². The van der Waals surface area contributed by atoms with Crippen molar-refractivity contribution in [1.82, 2.24) is 0 Å². The molecule has 8 heteroatoms. The van der Waals surface area contributed by atoms with E-state index in [0.29, 0.717) is 0 Å². The number of aromatic hydroxyl groups is 1. The first-order valence-corrected chi connectivity index (χ1v) is 8.01. The minimum absolute atomic E-state index is 0.00240. The zero-order chi connectivity index (χ0) is 16.3. The molecule has 0 aromatic heterocycles. The summed E-state index contributed by atoms with van der Waals surface area (Å²) >= 11 is 0. The molecule has 118 valence electrons. The van der Waals surface area contributed by atoms with E-state index in [4.69, 9.17) is 9.79 Å². The molecule has 0 heterocycles. The van der Waals surface area contributed by atoms with Crippen molar-refractivity contribution >= 4 is 13.5 Å². The predicted octanol–water partition coefficient (Wildman–Crippen LogP) is 1.46. The number of allylic oxidation sites excluding steroid dienone is 2. The second kappa shape index (κ2) is 6.46. The summed E-state index contributed by atoms with van der Waals surface area (Å²) in [6, 6.07) is 6.20. The zero-order valence-corrected chi connectivity index (χ0v) is 12.3. The molecule has 22 heavy (non-hydrogen) atoms. The van der Waals surface area contributed by atoms with Gasteiger partial charge in [0.15, 0.2) is 0 Å². The van der Waals surface area contributed by atoms with Crippen molar-refractivity contribution in [1.29, 1.82) is 0 Å². The summed E-state index contributed by atoms with van der Waals surface area (Å²) in [6.45, 7) is 0. The Hall–Kier alpha value is -1.92. The average molecular weight is 325 g/mol. The van der Waals surface area contributed by atoms with Crippen LogP contribution in [0.2, 0.25) is 0 Å². The summed E-state index contributed by atoms with van der Waals surface area (Å²) in [5.41, 5.74) is 0.723. The van der Waals surface area contributed by atoms with Crippen molar-refractivity contribution < 1.29 is 29.7 Å². The molecule has 0 radical (unpaired) electrons. The van der Waals surface area contributed by atoms with Crippen molar-refractivity contribution in [2.24, 2.45) is 10.7 Å². The molecular formula is C14H16NO6P. The molecule has 0 fully saturated rings. The van der Waals surface area contributed by atoms with Crippen LogP contribution in [0.5, 0.6) is 5.75 Å². The molecule has 1 aliphatic rings. The number of aliphatic hydroxyl groups is 2. The normalized spacial score (nSPS) is 21.7. The Morgan fingerprint density at radius 3 is 2.36 bits per heavy atom. The predicted molar refractivity (Wildman–Crippen MR) is 80.6 cm³/mol. The Bertz CT molecular complexity index is 673. The number of hydrogen-bond donors (Lipinski definition) is 5. The molecule has 2 rings (SSSR count). The Morgan fingerprint density at radius 2 is 1.77 bits per heavy atom. The van der Waals surface area contributed by atoms with Gasteiger partial charge in [0.1, 0.15) is 11.5 Å². The number of benzene rings is 1. The van der Waals surface area contributed by atoms with E-state index in [1.165, 1.54) is 30.4 Å². The van der Waals surface area contributed by atoms with Gasteiger partial charge >= 0.3 is 7.75 Å². The smallest absolute Gasteiger partial charge is 0.448 e. The number of phenolic OH excluding ortho intramolecular Hbond substituents is 1. The molecule has 5 N–H and O–H groups in total. The van der Waals surface area contributed by atoms with Gasteiger partial charge in [0.05, 0.1) is 11.8 Å². The van der Waals surface area contributed by atoms with E-state index < -0.39 is 19.8 Å². The van der Waals surface area contributed by atoms with Crippen LogP contribution in [0.1, 0.15) is 5.56 Å². The van der Waals surface area contributed by atoms with Gasteiger partial charge in [-0.15, -0.1) is 0 Å². The minimum atomic E-state index is -4.64. The van der Waals surface area contributed by atoms with Crippen LogP contribution in [-0.4, -0.2) is 36.9 Å². The van der Waals surface area contributed by atoms with E-state index in [9.17, 15) is 19.9 Å². The van der Waals surface area contributed by atoms with E-state index >= 15 is 0 Å². The number of nitrogens with zero attached hydrogens (tertiary/aromatic N) is 1. The van der Waals surface area contributed by atoms with E-state index in [1.54, 1.807) is 12.1 Å². The SMILES string of the molecule is O=P(O)(O)/N=C1\C=CC(O)=CC1C(O)Cc1ccc(O)cc1. The number of hydrogen-bond acceptors (Lipinski definition) is 4. The third-order valence-corrected chi connectivity index (χ3v) is 3.65. The molecule has 0 saturated carbocycles. The van der Waals surface area contributed by atoms with Crippen molar-refractivity contribution in [3.8, 4) is 5.75 Å². The first kappa shape index (κ1) is 16.5. The molecule has 2 unspecified atom stereocenters. The van der Waals surface area contributed by atoms with Gasteiger partial charge in [-0.3, -0.25) is 0 Å². The third-order valence-electron chi connectivity index (χ3n) is 3.16. The standard InChI is InChI=1S/C14H16NO6P/c16-10-3-1-9(2-4-10)7-14(18)12-8-11(17)5-6-13(12)15-22(19,20)21/h1-6,8,12,14,16-18H,7H2,(H2,19,20,21)/b15-13+. The Morgan fingerprint density at radius 1 is 1.14 bits per heavy atom. The summed E-state index contributed by atoms with van der Waals surface area (Å²) in [6.07, 6.45) is 2.93. The summed E-state index contributed by atoms with van der Waals surface area (Å²) in [7, 11) is -4.64. The van der Waals surface area contributed by atoms with Crippen LogP contribution >= 0.6 is 7.75 Å². The highest BCUT2D eigenvalue weighted by Crippen LogP contribution is 2.38. The van der Waals surface area contributed by atoms with Gasteiger partial charge in [-0.25, -0.2) is 4.57 Å². The summed E-state index contributed by atoms with van der Waals surface area (Å²) in [4.78, 5) is 17.9. The van der Waals surface area contributed by atoms with Crippen molar-refractivity contribution in [2.45, 2.75) is 12.5 Å². The number of phenols is 1. The van der Waals surface area contributed by atoms with Crippen LogP contribution in [0.25, 0.3) is 0 Å². The summed E-state index contributed by atoms with van der Waals surface area (Å²) in [5, 5.41) is 29.0. The molecule has 0 amide bonds. The topological polar surface area (TPSA) is 131 Å². The Labute approximate surface area is 126 Å². The molecule has 1 aliphatic carbocycles. The van der Waals surface area contributed by atoms with E-state index in [-0.39, 0.29) is 23.6 Å². The van der Waals surface area contributed by atoms with Gasteiger partial charge in [-0.1, -0.05) is 12.1 Å². The third kappa shape index (κ3) is 4.54. The maximum absolute atomic E-state index is 11.0. The van der Waals surface area contributed by atoms with Gasteiger partial charge in [0, 0.05) is 5.92 Å². The Balaban J connectivity index is 2.22. The molecule has 0 aliphatic heterocycles. The molecular weight excluding hydrogens is 309 g/mol. The van der Waals surface area contributed by atoms with Crippen LogP contribution < -0.4 is 0 Å². The van der Waals surface area contributed by atoms with Crippen LogP contribution in [0.3, 0.4) is 0 Å². The summed E-state index contributed by atoms with van der Waals surface area (Å²) < 4.78 is 14.3. The van der Waals surface area contributed by atoms with Crippen molar-refractivity contribution in [2.75, 3.05) is 0 Å². The molecule has 0 bridgehead atoms. The summed E-state index contributed by atoms with van der Waals surface area (Å²) in [5.74, 6) is -0.856. The first-order valence-electron chi connectivity index (χ1n) is 6.45. The second-order valence-corrected chi connectivity index (χ2v) is 6.15. The number of aliphatic hydroxyl groups excluding tert-OH is 2. The Kier molecular flexibility index (Phi) is 4.83. The average Bonchev–Trinajstić information content (AvgIpc) is 2.42. The van der Waals surface area contributed by atoms with Crippen LogP contribution in [0, 0.1) is 5.92 Å². The minimum Gasteiger partial charge on any atom is -0.508 e. The lowest BCUT2D eigenvalue weighted by atomic mass is 9.88. The van der Waals surface area contributed by atoms with E-state index in [1.807, 2.05) is 0 Å². The van der Waals surface area contributed by atoms with Crippen molar-refractivity contribution in [3.63, 3.8) is 0 Å². The fraction of sp³-hybridized carbons (Fsp3) is 0.214. The fourth-order valence-corrected chi connectivity index (χ4v) is 2.67. The fourth-order valence-electron chi connectivity index (χ4n) is 2.17. The van der Waals surface area contributed by atoms with Gasteiger partial charge in [0.25, 0.3) is 0 Å². The highest BCUT2D eigenvalue weighted by atomic mass is 31.2. The van der Waals surface area contributed by atoms with Crippen LogP contribution in [-0.2, 0) is 11.0 Å². The molecule has 7 nitrogen and oxygen atoms in total. The van der Waals surface area contributed by atoms with Gasteiger partial charge < -0.3 is 25.1 Å². The van der Waals surface area contributed by atoms with Crippen LogP contribution in [0.4, 0.5) is 0 Å². The van der Waals surface area contributed by atoms with E-state index in [0.717, 1.165) is 5.56 Å². The molecule has 2 atom stereocenters. The van der Waals surface area contributed by atoms with Gasteiger partial charge in [0.2, 0.25) is 0 Å². The molecule has 0 spiro atoms. The molecule has 0 saturated heterocycles. The van der Waals surface area contributed by atoms with Crippen molar-refractivity contribution in [3.05, 3.63) is 53.8 Å². The lowest BCUT2D eigenvalue weighted by Gasteiger charge is -2.23. The number of rotatable bonds is 4. The monoisotopic (exact) mass is 325 g/mol. The quantitative estimate of drug-likeness (QED) is 0.533. The second-order valence-electron chi connectivity index (χ2n) is 4.93. The maximum atomic E-state index is 11.0. The lowest BCUT2D eigenvalue weighted by molar-refractivity contribution is 0.154. The van der Waals surface area contributed by atoms with Gasteiger partial charge in [-0.2, -0.15) is 4.76 Å². The van der Waals surface area contributed by atoms with Gasteiger partial charge in [-0.05, 0) is 42.3 Å². The highest BCUT2D eigenvalue weighted by Gasteiger charge is 2.27. The van der Waals surface area contributed by atoms with E-state index in [2.05, 4.69) is 4.76 Å². The lowest BCUT2D eigenvalue weighted by Crippen LogP contribution is -2.29. The maximum Gasteiger partial charge on any atom is 0.448 e. The molecule has 1 aromatic carbocycles. The molecule has 1 aromatic rings. The highest BCUT2D eigenvalue weighted by molar-refractivity contribution is 7.50. The largest absolute Gasteiger partial charge is 0.508 e. The zero-order valence-electron chi connectivity index (χ0n) is 11.4. The first-order chi connectivity index (χ1) is 10.2.